The first-order chi connectivity index (χ1) is 12.2. The van der Waals surface area contributed by atoms with Gasteiger partial charge in [-0.15, -0.1) is 0 Å². The van der Waals surface area contributed by atoms with E-state index in [9.17, 15) is 18.5 Å². The van der Waals surface area contributed by atoms with Gasteiger partial charge in [0.25, 0.3) is 15.7 Å². The summed E-state index contributed by atoms with van der Waals surface area (Å²) >= 11 is 0. The second kappa shape index (κ2) is 6.34. The first kappa shape index (κ1) is 17.7. The molecule has 0 saturated heterocycles. The highest BCUT2D eigenvalue weighted by molar-refractivity contribution is 7.92. The Bertz CT molecular complexity index is 1120. The highest BCUT2D eigenvalue weighted by Gasteiger charge is 2.27. The van der Waals surface area contributed by atoms with E-state index >= 15 is 0 Å². The molecule has 0 fully saturated rings. The first-order valence-corrected chi connectivity index (χ1v) is 9.16. The molecule has 0 amide bonds. The predicted molar refractivity (Wildman–Crippen MR) is 98.2 cm³/mol. The third kappa shape index (κ3) is 2.97. The van der Waals surface area contributed by atoms with E-state index in [1.165, 1.54) is 13.2 Å². The number of para-hydroxylation sites is 1. The zero-order valence-corrected chi connectivity index (χ0v) is 15.2. The van der Waals surface area contributed by atoms with Crippen LogP contribution in [0.5, 0.6) is 5.75 Å². The predicted octanol–water partition coefficient (Wildman–Crippen LogP) is 3.50. The van der Waals surface area contributed by atoms with Gasteiger partial charge in [0, 0.05) is 11.1 Å². The molecule has 0 radical (unpaired) electrons. The van der Waals surface area contributed by atoms with Crippen molar-refractivity contribution in [3.8, 4) is 5.75 Å². The number of methoxy groups -OCH3 is 1. The molecule has 9 heteroatoms. The van der Waals surface area contributed by atoms with Gasteiger partial charge in [0.1, 0.15) is 5.75 Å². The number of H-pyrrole nitrogens is 1. The van der Waals surface area contributed by atoms with Gasteiger partial charge in [-0.1, -0.05) is 12.1 Å². The SMILES string of the molecule is COc1ccc(S(=O)(=O)Nc2cccc3c(C)c(C)[nH]c23)c([N+](=O)[O-])c1. The summed E-state index contributed by atoms with van der Waals surface area (Å²) < 4.78 is 33.0. The van der Waals surface area contributed by atoms with E-state index in [1.54, 1.807) is 12.1 Å². The number of nitro benzene ring substituents is 1. The van der Waals surface area contributed by atoms with Crippen molar-refractivity contribution in [2.45, 2.75) is 18.7 Å². The smallest absolute Gasteiger partial charge is 0.293 e. The normalized spacial score (nSPS) is 11.5. The highest BCUT2D eigenvalue weighted by Crippen LogP contribution is 2.32. The van der Waals surface area contributed by atoms with E-state index in [4.69, 9.17) is 4.74 Å². The van der Waals surface area contributed by atoms with E-state index in [2.05, 4.69) is 9.71 Å². The van der Waals surface area contributed by atoms with Crippen molar-refractivity contribution in [2.24, 2.45) is 0 Å². The summed E-state index contributed by atoms with van der Waals surface area (Å²) in [6.07, 6.45) is 0. The zero-order chi connectivity index (χ0) is 19.1. The number of aromatic nitrogens is 1. The highest BCUT2D eigenvalue weighted by atomic mass is 32.2. The molecule has 0 aliphatic carbocycles. The van der Waals surface area contributed by atoms with E-state index in [0.29, 0.717) is 11.2 Å². The number of nitro groups is 1. The average molecular weight is 375 g/mol. The number of sulfonamides is 1. The maximum absolute atomic E-state index is 12.8. The summed E-state index contributed by atoms with van der Waals surface area (Å²) in [5, 5.41) is 12.2. The Kier molecular flexibility index (Phi) is 4.33. The Morgan fingerprint density at radius 3 is 2.58 bits per heavy atom. The Hall–Kier alpha value is -3.07. The average Bonchev–Trinajstić information content (AvgIpc) is 2.90. The summed E-state index contributed by atoms with van der Waals surface area (Å²) in [4.78, 5) is 13.3. The summed E-state index contributed by atoms with van der Waals surface area (Å²) in [7, 11) is -2.83. The number of nitrogens with zero attached hydrogens (tertiary/aromatic N) is 1. The molecule has 2 aromatic carbocycles. The number of ether oxygens (including phenoxy) is 1. The molecule has 1 aromatic heterocycles. The standard InChI is InChI=1S/C17H17N3O5S/c1-10-11(2)18-17-13(10)5-4-6-14(17)19-26(23,24)16-8-7-12(25-3)9-15(16)20(21)22/h4-9,18-19H,1-3H3. The van der Waals surface area contributed by atoms with Crippen molar-refractivity contribution in [3.05, 3.63) is 57.8 Å². The Labute approximate surface area is 150 Å². The third-order valence-electron chi connectivity index (χ3n) is 4.24. The molecule has 3 rings (SSSR count). The molecule has 2 N–H and O–H groups in total. The molecule has 0 aliphatic rings. The van der Waals surface area contributed by atoms with Crippen LogP contribution in [0.15, 0.2) is 41.3 Å². The van der Waals surface area contributed by atoms with Crippen LogP contribution in [0.3, 0.4) is 0 Å². The number of hydrogen-bond donors (Lipinski definition) is 2. The molecule has 26 heavy (non-hydrogen) atoms. The molecule has 3 aromatic rings. The topological polar surface area (TPSA) is 114 Å². The van der Waals surface area contributed by atoms with Crippen molar-refractivity contribution in [1.82, 2.24) is 4.98 Å². The lowest BCUT2D eigenvalue weighted by molar-refractivity contribution is -0.387. The van der Waals surface area contributed by atoms with Crippen LogP contribution in [0.2, 0.25) is 0 Å². The van der Waals surface area contributed by atoms with Crippen molar-refractivity contribution in [3.63, 3.8) is 0 Å². The number of aromatic amines is 1. The third-order valence-corrected chi connectivity index (χ3v) is 5.65. The maximum atomic E-state index is 12.8. The number of rotatable bonds is 5. The lowest BCUT2D eigenvalue weighted by Gasteiger charge is -2.10. The van der Waals surface area contributed by atoms with Crippen LogP contribution < -0.4 is 9.46 Å². The second-order valence-electron chi connectivity index (χ2n) is 5.80. The molecule has 0 bridgehead atoms. The van der Waals surface area contributed by atoms with Gasteiger partial charge in [-0.3, -0.25) is 14.8 Å². The minimum absolute atomic E-state index is 0.202. The van der Waals surface area contributed by atoms with Gasteiger partial charge < -0.3 is 9.72 Å². The van der Waals surface area contributed by atoms with Crippen molar-refractivity contribution in [1.29, 1.82) is 0 Å². The largest absolute Gasteiger partial charge is 0.497 e. The summed E-state index contributed by atoms with van der Waals surface area (Å²) in [5.74, 6) is 0.202. The second-order valence-corrected chi connectivity index (χ2v) is 7.45. The molecule has 8 nitrogen and oxygen atoms in total. The first-order valence-electron chi connectivity index (χ1n) is 7.67. The molecule has 136 valence electrons. The fraction of sp³-hybridized carbons (Fsp3) is 0.176. The lowest BCUT2D eigenvalue weighted by Crippen LogP contribution is -2.15. The van der Waals surface area contributed by atoms with Crippen LogP contribution in [0.4, 0.5) is 11.4 Å². The molecule has 0 aliphatic heterocycles. The van der Waals surface area contributed by atoms with E-state index < -0.39 is 25.5 Å². The van der Waals surface area contributed by atoms with Gasteiger partial charge in [-0.25, -0.2) is 8.42 Å². The van der Waals surface area contributed by atoms with Crippen molar-refractivity contribution >= 4 is 32.3 Å². The van der Waals surface area contributed by atoms with Crippen LogP contribution in [0.1, 0.15) is 11.3 Å². The van der Waals surface area contributed by atoms with E-state index in [-0.39, 0.29) is 5.75 Å². The van der Waals surface area contributed by atoms with E-state index in [1.807, 2.05) is 19.9 Å². The summed E-state index contributed by atoms with van der Waals surface area (Å²) in [6.45, 7) is 3.82. The van der Waals surface area contributed by atoms with Gasteiger partial charge in [0.15, 0.2) is 4.90 Å². The Balaban J connectivity index is 2.11. The molecular weight excluding hydrogens is 358 g/mol. The van der Waals surface area contributed by atoms with Crippen LogP contribution in [-0.2, 0) is 10.0 Å². The fourth-order valence-corrected chi connectivity index (χ4v) is 3.99. The fourth-order valence-electron chi connectivity index (χ4n) is 2.76. The van der Waals surface area contributed by atoms with E-state index in [0.717, 1.165) is 28.8 Å². The van der Waals surface area contributed by atoms with Gasteiger partial charge >= 0.3 is 0 Å². The molecule has 0 atom stereocenters. The minimum atomic E-state index is -4.18. The van der Waals surface area contributed by atoms with Crippen molar-refractivity contribution < 1.29 is 18.1 Å². The zero-order valence-electron chi connectivity index (χ0n) is 14.4. The quantitative estimate of drug-likeness (QED) is 0.523. The number of fused-ring (bicyclic) bond motifs is 1. The molecular formula is C17H17N3O5S. The van der Waals surface area contributed by atoms with Gasteiger partial charge in [-0.05, 0) is 37.6 Å². The number of nitrogens with one attached hydrogen (secondary N) is 2. The number of hydrogen-bond acceptors (Lipinski definition) is 5. The van der Waals surface area contributed by atoms with Crippen LogP contribution in [0.25, 0.3) is 10.9 Å². The van der Waals surface area contributed by atoms with Gasteiger partial charge in [0.2, 0.25) is 0 Å². The molecule has 0 spiro atoms. The Morgan fingerprint density at radius 2 is 1.92 bits per heavy atom. The maximum Gasteiger partial charge on any atom is 0.293 e. The Morgan fingerprint density at radius 1 is 1.19 bits per heavy atom. The monoisotopic (exact) mass is 375 g/mol. The number of aryl methyl sites for hydroxylation is 2. The lowest BCUT2D eigenvalue weighted by atomic mass is 10.1. The van der Waals surface area contributed by atoms with Gasteiger partial charge in [0.05, 0.1) is 29.3 Å². The summed E-state index contributed by atoms with van der Waals surface area (Å²) in [5.41, 5.74) is 2.33. The van der Waals surface area contributed by atoms with Gasteiger partial charge in [-0.2, -0.15) is 0 Å². The van der Waals surface area contributed by atoms with Crippen LogP contribution >= 0.6 is 0 Å². The molecule has 1 heterocycles. The number of benzene rings is 2. The number of anilines is 1. The van der Waals surface area contributed by atoms with Crippen LogP contribution in [0, 0.1) is 24.0 Å². The van der Waals surface area contributed by atoms with Crippen LogP contribution in [-0.4, -0.2) is 25.4 Å². The summed E-state index contributed by atoms with van der Waals surface area (Å²) in [6, 6.07) is 8.81. The molecule has 0 saturated carbocycles. The molecule has 0 unspecified atom stereocenters. The van der Waals surface area contributed by atoms with Crippen molar-refractivity contribution in [2.75, 3.05) is 11.8 Å². The minimum Gasteiger partial charge on any atom is -0.497 e.